The zero-order valence-electron chi connectivity index (χ0n) is 20.2. The molecular weight excluding hydrogens is 611 g/mol. The summed E-state index contributed by atoms with van der Waals surface area (Å²) < 4.78 is 35.3. The Morgan fingerprint density at radius 1 is 0.921 bits per heavy atom. The number of amides is 1. The third kappa shape index (κ3) is 6.88. The summed E-state index contributed by atoms with van der Waals surface area (Å²) in [5.74, 6) is -0.326. The number of carbonyl (C=O) groups is 1. The highest BCUT2D eigenvalue weighted by Gasteiger charge is 2.30. The third-order valence-corrected chi connectivity index (χ3v) is 8.43. The molecule has 1 N–H and O–H groups in total. The number of sulfonamides is 1. The first-order chi connectivity index (χ1) is 18.1. The van der Waals surface area contributed by atoms with Gasteiger partial charge in [-0.2, -0.15) is 0 Å². The van der Waals surface area contributed by atoms with Crippen molar-refractivity contribution >= 4 is 66.4 Å². The lowest BCUT2D eigenvalue weighted by Gasteiger charge is -2.26. The second kappa shape index (κ2) is 12.2. The van der Waals surface area contributed by atoms with E-state index < -0.39 is 22.5 Å². The van der Waals surface area contributed by atoms with Crippen molar-refractivity contribution in [3.8, 4) is 5.75 Å². The van der Waals surface area contributed by atoms with Crippen molar-refractivity contribution in [3.63, 3.8) is 0 Å². The molecule has 0 spiro atoms. The van der Waals surface area contributed by atoms with Crippen LogP contribution in [0.15, 0.2) is 100 Å². The van der Waals surface area contributed by atoms with E-state index in [0.29, 0.717) is 5.69 Å². The number of ether oxygens (including phenoxy) is 1. The topological polar surface area (TPSA) is 75.7 Å². The average Bonchev–Trinajstić information content (AvgIpc) is 2.89. The standard InChI is InChI=1S/C28H23BrCl2N2O4S/c1-19-7-13-23(14-8-19)38(35,36)33(17-28(34)32-22-11-9-21(29)10-12-22)26-16-27(25(31)15-24(26)30)37-18-20-5-3-2-4-6-20/h2-16H,17-18H2,1H3,(H,32,34). The van der Waals surface area contributed by atoms with E-state index in [4.69, 9.17) is 27.9 Å². The normalized spacial score (nSPS) is 11.2. The quantitative estimate of drug-likeness (QED) is 0.207. The van der Waals surface area contributed by atoms with Crippen LogP contribution >= 0.6 is 39.1 Å². The molecule has 196 valence electrons. The molecule has 38 heavy (non-hydrogen) atoms. The molecule has 0 aliphatic heterocycles. The monoisotopic (exact) mass is 632 g/mol. The van der Waals surface area contributed by atoms with Crippen molar-refractivity contribution in [2.24, 2.45) is 0 Å². The van der Waals surface area contributed by atoms with E-state index in [9.17, 15) is 13.2 Å². The Balaban J connectivity index is 1.71. The number of nitrogens with one attached hydrogen (secondary N) is 1. The number of nitrogens with zero attached hydrogens (tertiary/aromatic N) is 1. The van der Waals surface area contributed by atoms with Crippen LogP contribution in [0.4, 0.5) is 11.4 Å². The van der Waals surface area contributed by atoms with Crippen LogP contribution in [0, 0.1) is 6.92 Å². The maximum atomic E-state index is 13.8. The van der Waals surface area contributed by atoms with Gasteiger partial charge in [-0.1, -0.05) is 87.2 Å². The summed E-state index contributed by atoms with van der Waals surface area (Å²) in [6.45, 7) is 1.52. The Morgan fingerprint density at radius 2 is 1.58 bits per heavy atom. The number of hydrogen-bond donors (Lipinski definition) is 1. The Kier molecular flexibility index (Phi) is 8.99. The van der Waals surface area contributed by atoms with Crippen LogP contribution in [0.2, 0.25) is 10.0 Å². The largest absolute Gasteiger partial charge is 0.487 e. The highest BCUT2D eigenvalue weighted by Crippen LogP contribution is 2.39. The molecule has 0 aromatic heterocycles. The molecule has 10 heteroatoms. The van der Waals surface area contributed by atoms with E-state index in [-0.39, 0.29) is 33.0 Å². The van der Waals surface area contributed by atoms with Gasteiger partial charge in [0.1, 0.15) is 18.9 Å². The molecule has 0 radical (unpaired) electrons. The van der Waals surface area contributed by atoms with E-state index in [1.807, 2.05) is 37.3 Å². The van der Waals surface area contributed by atoms with E-state index in [2.05, 4.69) is 21.2 Å². The summed E-state index contributed by atoms with van der Waals surface area (Å²) in [6.07, 6.45) is 0. The third-order valence-electron chi connectivity index (χ3n) is 5.53. The number of aryl methyl sites for hydroxylation is 1. The zero-order chi connectivity index (χ0) is 27.3. The lowest BCUT2D eigenvalue weighted by molar-refractivity contribution is -0.114. The van der Waals surface area contributed by atoms with Crippen LogP contribution in [-0.4, -0.2) is 20.9 Å². The molecule has 4 aromatic carbocycles. The van der Waals surface area contributed by atoms with Crippen LogP contribution in [0.25, 0.3) is 0 Å². The molecule has 0 fully saturated rings. The lowest BCUT2D eigenvalue weighted by atomic mass is 10.2. The second-order valence-corrected chi connectivity index (χ2v) is 12.0. The van der Waals surface area contributed by atoms with Crippen LogP contribution in [0.5, 0.6) is 5.75 Å². The zero-order valence-corrected chi connectivity index (χ0v) is 24.1. The Labute approximate surface area is 240 Å². The van der Waals surface area contributed by atoms with Crippen molar-refractivity contribution in [1.82, 2.24) is 0 Å². The van der Waals surface area contributed by atoms with Crippen molar-refractivity contribution in [1.29, 1.82) is 0 Å². The van der Waals surface area contributed by atoms with E-state index in [0.717, 1.165) is 19.9 Å². The SMILES string of the molecule is Cc1ccc(S(=O)(=O)N(CC(=O)Nc2ccc(Br)cc2)c2cc(OCc3ccccc3)c(Cl)cc2Cl)cc1. The first-order valence-electron chi connectivity index (χ1n) is 11.4. The second-order valence-electron chi connectivity index (χ2n) is 8.39. The summed E-state index contributed by atoms with van der Waals surface area (Å²) in [5, 5.41) is 2.99. The summed E-state index contributed by atoms with van der Waals surface area (Å²) in [7, 11) is -4.20. The minimum Gasteiger partial charge on any atom is -0.487 e. The fourth-order valence-electron chi connectivity index (χ4n) is 3.56. The van der Waals surface area contributed by atoms with Gasteiger partial charge in [-0.05, 0) is 55.0 Å². The Hall–Kier alpha value is -3.04. The molecule has 0 atom stereocenters. The molecule has 0 aliphatic carbocycles. The summed E-state index contributed by atoms with van der Waals surface area (Å²) in [5.41, 5.74) is 2.37. The molecule has 1 amide bonds. The van der Waals surface area contributed by atoms with E-state index in [1.54, 1.807) is 36.4 Å². The highest BCUT2D eigenvalue weighted by atomic mass is 79.9. The van der Waals surface area contributed by atoms with Crippen LogP contribution in [-0.2, 0) is 21.4 Å². The first kappa shape index (κ1) is 28.0. The molecule has 0 heterocycles. The predicted molar refractivity (Wildman–Crippen MR) is 156 cm³/mol. The molecule has 4 aromatic rings. The number of anilines is 2. The van der Waals surface area contributed by atoms with Crippen LogP contribution < -0.4 is 14.4 Å². The number of carbonyl (C=O) groups excluding carboxylic acids is 1. The molecule has 0 bridgehead atoms. The van der Waals surface area contributed by atoms with E-state index in [1.165, 1.54) is 24.3 Å². The van der Waals surface area contributed by atoms with Gasteiger partial charge in [0.25, 0.3) is 10.0 Å². The molecule has 0 aliphatic rings. The Bertz CT molecular complexity index is 1530. The summed E-state index contributed by atoms with van der Waals surface area (Å²) >= 11 is 16.2. The van der Waals surface area contributed by atoms with Crippen molar-refractivity contribution in [2.75, 3.05) is 16.2 Å². The fraction of sp³-hybridized carbons (Fsp3) is 0.107. The van der Waals surface area contributed by atoms with Gasteiger partial charge < -0.3 is 10.1 Å². The molecular formula is C28H23BrCl2N2O4S. The summed E-state index contributed by atoms with van der Waals surface area (Å²) in [4.78, 5) is 13.1. The number of rotatable bonds is 9. The van der Waals surface area contributed by atoms with Gasteiger partial charge in [0.2, 0.25) is 5.91 Å². The highest BCUT2D eigenvalue weighted by molar-refractivity contribution is 9.10. The van der Waals surface area contributed by atoms with Gasteiger partial charge in [-0.15, -0.1) is 0 Å². The number of benzene rings is 4. The number of halogens is 3. The molecule has 0 unspecified atom stereocenters. The van der Waals surface area contributed by atoms with Crippen molar-refractivity contribution < 1.29 is 17.9 Å². The van der Waals surface area contributed by atoms with Gasteiger partial charge in [0, 0.05) is 16.2 Å². The van der Waals surface area contributed by atoms with Gasteiger partial charge in [-0.3, -0.25) is 9.10 Å². The molecule has 4 rings (SSSR count). The molecule has 0 saturated carbocycles. The van der Waals surface area contributed by atoms with Gasteiger partial charge in [-0.25, -0.2) is 8.42 Å². The fourth-order valence-corrected chi connectivity index (χ4v) is 5.84. The maximum absolute atomic E-state index is 13.8. The maximum Gasteiger partial charge on any atom is 0.264 e. The minimum absolute atomic E-state index is 0.0114. The van der Waals surface area contributed by atoms with Crippen molar-refractivity contribution in [2.45, 2.75) is 18.4 Å². The van der Waals surface area contributed by atoms with Gasteiger partial charge in [0.05, 0.1) is 20.6 Å². The smallest absolute Gasteiger partial charge is 0.264 e. The predicted octanol–water partition coefficient (Wildman–Crippen LogP) is 7.48. The molecule has 6 nitrogen and oxygen atoms in total. The molecule has 0 saturated heterocycles. The van der Waals surface area contributed by atoms with Crippen molar-refractivity contribution in [3.05, 3.63) is 117 Å². The van der Waals surface area contributed by atoms with Crippen LogP contribution in [0.1, 0.15) is 11.1 Å². The van der Waals surface area contributed by atoms with Gasteiger partial charge in [0.15, 0.2) is 0 Å². The van der Waals surface area contributed by atoms with Gasteiger partial charge >= 0.3 is 0 Å². The van der Waals surface area contributed by atoms with Crippen LogP contribution in [0.3, 0.4) is 0 Å². The summed E-state index contributed by atoms with van der Waals surface area (Å²) in [6, 6.07) is 25.6. The minimum atomic E-state index is -4.20. The average molecular weight is 634 g/mol. The van der Waals surface area contributed by atoms with E-state index >= 15 is 0 Å². The number of hydrogen-bond acceptors (Lipinski definition) is 4. The Morgan fingerprint density at radius 3 is 2.24 bits per heavy atom. The lowest BCUT2D eigenvalue weighted by Crippen LogP contribution is -2.38. The first-order valence-corrected chi connectivity index (χ1v) is 14.4.